The van der Waals surface area contributed by atoms with Crippen molar-refractivity contribution in [3.8, 4) is 0 Å². The molecule has 0 bridgehead atoms. The van der Waals surface area contributed by atoms with Gasteiger partial charge in [-0.2, -0.15) is 0 Å². The fourth-order valence-corrected chi connectivity index (χ4v) is 3.46. The molecule has 2 rings (SSSR count). The van der Waals surface area contributed by atoms with E-state index in [1.165, 1.54) is 0 Å². The molecule has 104 valence electrons. The van der Waals surface area contributed by atoms with Gasteiger partial charge in [0.2, 0.25) is 5.91 Å². The number of carbonyl (C=O) groups excluding carboxylic acids is 1. The van der Waals surface area contributed by atoms with Gasteiger partial charge in [-0.05, 0) is 31.4 Å². The van der Waals surface area contributed by atoms with E-state index in [4.69, 9.17) is 5.73 Å². The largest absolute Gasteiger partial charge is 0.349 e. The van der Waals surface area contributed by atoms with Gasteiger partial charge in [0.1, 0.15) is 0 Å². The summed E-state index contributed by atoms with van der Waals surface area (Å²) in [5.74, 6) is 0.107. The van der Waals surface area contributed by atoms with Gasteiger partial charge in [-0.15, -0.1) is 0 Å². The minimum absolute atomic E-state index is 0.00731. The number of benzene rings is 1. The molecule has 0 spiro atoms. The third kappa shape index (κ3) is 3.00. The molecule has 1 aromatic carbocycles. The van der Waals surface area contributed by atoms with Crippen molar-refractivity contribution in [1.29, 1.82) is 0 Å². The lowest BCUT2D eigenvalue weighted by molar-refractivity contribution is -0.131. The highest BCUT2D eigenvalue weighted by molar-refractivity contribution is 9.10. The van der Waals surface area contributed by atoms with Crippen molar-refractivity contribution in [2.75, 3.05) is 6.54 Å². The van der Waals surface area contributed by atoms with Gasteiger partial charge in [-0.25, -0.2) is 0 Å². The van der Waals surface area contributed by atoms with E-state index in [0.29, 0.717) is 6.54 Å². The molecule has 1 aromatic rings. The molecular weight excluding hydrogens is 304 g/mol. The molecule has 1 saturated carbocycles. The second-order valence-electron chi connectivity index (χ2n) is 5.41. The Morgan fingerprint density at radius 2 is 2.05 bits per heavy atom. The lowest BCUT2D eigenvalue weighted by Gasteiger charge is -2.28. The number of amides is 1. The summed E-state index contributed by atoms with van der Waals surface area (Å²) in [6.45, 7) is 2.46. The average Bonchev–Trinajstić information content (AvgIpc) is 2.89. The van der Waals surface area contributed by atoms with Gasteiger partial charge in [0.15, 0.2) is 0 Å². The van der Waals surface area contributed by atoms with Gasteiger partial charge in [0.25, 0.3) is 0 Å². The Balaban J connectivity index is 2.08. The minimum Gasteiger partial charge on any atom is -0.349 e. The van der Waals surface area contributed by atoms with Crippen LogP contribution >= 0.6 is 15.9 Å². The Labute approximate surface area is 123 Å². The van der Waals surface area contributed by atoms with Crippen LogP contribution in [0.15, 0.2) is 28.7 Å². The van der Waals surface area contributed by atoms with Crippen LogP contribution in [0.3, 0.4) is 0 Å². The number of nitrogens with one attached hydrogen (secondary N) is 1. The van der Waals surface area contributed by atoms with E-state index in [9.17, 15) is 4.79 Å². The number of rotatable bonds is 4. The Morgan fingerprint density at radius 3 is 2.63 bits per heavy atom. The number of hydrogen-bond donors (Lipinski definition) is 2. The summed E-state index contributed by atoms with van der Waals surface area (Å²) in [4.78, 5) is 12.5. The first-order valence-corrected chi connectivity index (χ1v) is 7.64. The van der Waals surface area contributed by atoms with Crippen molar-refractivity contribution in [2.45, 2.75) is 38.6 Å². The maximum atomic E-state index is 12.5. The van der Waals surface area contributed by atoms with Gasteiger partial charge < -0.3 is 11.1 Å². The van der Waals surface area contributed by atoms with Gasteiger partial charge in [-0.1, -0.05) is 47.0 Å². The minimum atomic E-state index is -0.338. The summed E-state index contributed by atoms with van der Waals surface area (Å²) in [5, 5.41) is 3.12. The van der Waals surface area contributed by atoms with Crippen molar-refractivity contribution in [3.63, 3.8) is 0 Å². The van der Waals surface area contributed by atoms with E-state index >= 15 is 0 Å². The van der Waals surface area contributed by atoms with Crippen molar-refractivity contribution >= 4 is 21.8 Å². The standard InChI is InChI=1S/C15H21BrN2O/c1-11(12-6-2-3-7-13(12)16)18-14(19)15(10-17)8-4-5-9-15/h2-3,6-7,11H,4-5,8-10,17H2,1H3,(H,18,19). The first-order chi connectivity index (χ1) is 9.09. The van der Waals surface area contributed by atoms with Crippen LogP contribution in [-0.2, 0) is 4.79 Å². The van der Waals surface area contributed by atoms with Gasteiger partial charge in [-0.3, -0.25) is 4.79 Å². The monoisotopic (exact) mass is 324 g/mol. The van der Waals surface area contributed by atoms with E-state index in [1.54, 1.807) is 0 Å². The summed E-state index contributed by atoms with van der Waals surface area (Å²) >= 11 is 3.52. The molecule has 0 radical (unpaired) electrons. The van der Waals surface area contributed by atoms with E-state index in [2.05, 4.69) is 21.2 Å². The van der Waals surface area contributed by atoms with E-state index in [1.807, 2.05) is 31.2 Å². The van der Waals surface area contributed by atoms with E-state index < -0.39 is 0 Å². The second-order valence-corrected chi connectivity index (χ2v) is 6.26. The highest BCUT2D eigenvalue weighted by Gasteiger charge is 2.40. The van der Waals surface area contributed by atoms with Gasteiger partial charge in [0, 0.05) is 11.0 Å². The molecule has 1 amide bonds. The van der Waals surface area contributed by atoms with Gasteiger partial charge in [0.05, 0.1) is 11.5 Å². The highest BCUT2D eigenvalue weighted by atomic mass is 79.9. The fourth-order valence-electron chi connectivity index (χ4n) is 2.83. The number of carbonyl (C=O) groups is 1. The molecule has 1 aliphatic rings. The molecule has 0 aromatic heterocycles. The lowest BCUT2D eigenvalue weighted by atomic mass is 9.85. The Hall–Kier alpha value is -0.870. The van der Waals surface area contributed by atoms with Crippen molar-refractivity contribution in [1.82, 2.24) is 5.32 Å². The normalized spacial score (nSPS) is 19.1. The molecule has 1 aliphatic carbocycles. The summed E-state index contributed by atoms with van der Waals surface area (Å²) in [6, 6.07) is 7.97. The third-order valence-corrected chi connectivity index (χ3v) is 4.87. The van der Waals surface area contributed by atoms with Crippen LogP contribution in [0.25, 0.3) is 0 Å². The van der Waals surface area contributed by atoms with E-state index in [0.717, 1.165) is 35.7 Å². The lowest BCUT2D eigenvalue weighted by Crippen LogP contribution is -2.45. The molecule has 4 heteroatoms. The van der Waals surface area contributed by atoms with Crippen molar-refractivity contribution in [2.24, 2.45) is 11.1 Å². The van der Waals surface area contributed by atoms with Crippen LogP contribution in [-0.4, -0.2) is 12.5 Å². The fraction of sp³-hybridized carbons (Fsp3) is 0.533. The first kappa shape index (κ1) is 14.5. The quantitative estimate of drug-likeness (QED) is 0.893. The number of halogens is 1. The average molecular weight is 325 g/mol. The zero-order valence-corrected chi connectivity index (χ0v) is 12.9. The smallest absolute Gasteiger partial charge is 0.227 e. The van der Waals surface area contributed by atoms with Crippen LogP contribution < -0.4 is 11.1 Å². The number of nitrogens with two attached hydrogens (primary N) is 1. The maximum Gasteiger partial charge on any atom is 0.227 e. The SMILES string of the molecule is CC(NC(=O)C1(CN)CCCC1)c1ccccc1Br. The predicted octanol–water partition coefficient (Wildman–Crippen LogP) is 3.15. The molecule has 0 heterocycles. The zero-order chi connectivity index (χ0) is 13.9. The molecule has 1 atom stereocenters. The van der Waals surface area contributed by atoms with Gasteiger partial charge >= 0.3 is 0 Å². The molecule has 3 nitrogen and oxygen atoms in total. The third-order valence-electron chi connectivity index (χ3n) is 4.15. The van der Waals surface area contributed by atoms with Crippen LogP contribution in [0.2, 0.25) is 0 Å². The summed E-state index contributed by atoms with van der Waals surface area (Å²) in [5.41, 5.74) is 6.60. The molecular formula is C15H21BrN2O. The molecule has 1 fully saturated rings. The Bertz CT molecular complexity index is 455. The highest BCUT2D eigenvalue weighted by Crippen LogP contribution is 2.38. The van der Waals surface area contributed by atoms with E-state index in [-0.39, 0.29) is 17.4 Å². The molecule has 0 aliphatic heterocycles. The summed E-state index contributed by atoms with van der Waals surface area (Å²) < 4.78 is 1.02. The zero-order valence-electron chi connectivity index (χ0n) is 11.3. The molecule has 3 N–H and O–H groups in total. The second kappa shape index (κ2) is 6.06. The summed E-state index contributed by atoms with van der Waals surface area (Å²) in [6.07, 6.45) is 4.04. The maximum absolute atomic E-state index is 12.5. The summed E-state index contributed by atoms with van der Waals surface area (Å²) in [7, 11) is 0. The molecule has 1 unspecified atom stereocenters. The number of hydrogen-bond acceptors (Lipinski definition) is 2. The first-order valence-electron chi connectivity index (χ1n) is 6.84. The topological polar surface area (TPSA) is 55.1 Å². The molecule has 0 saturated heterocycles. The Morgan fingerprint density at radius 1 is 1.42 bits per heavy atom. The predicted molar refractivity (Wildman–Crippen MR) is 80.7 cm³/mol. The molecule has 19 heavy (non-hydrogen) atoms. The van der Waals surface area contributed by atoms with Crippen molar-refractivity contribution < 1.29 is 4.79 Å². The van der Waals surface area contributed by atoms with Crippen LogP contribution in [0.1, 0.15) is 44.2 Å². The van der Waals surface area contributed by atoms with Crippen molar-refractivity contribution in [3.05, 3.63) is 34.3 Å². The van der Waals surface area contributed by atoms with Crippen LogP contribution in [0, 0.1) is 5.41 Å². The Kier molecular flexibility index (Phi) is 4.63. The van der Waals surface area contributed by atoms with Crippen LogP contribution in [0.5, 0.6) is 0 Å². The van der Waals surface area contributed by atoms with Crippen LogP contribution in [0.4, 0.5) is 0 Å².